The molecule has 2 aromatic heterocycles. The van der Waals surface area contributed by atoms with Crippen LogP contribution in [0.15, 0.2) is 6.07 Å². The number of aromatic nitrogens is 3. The van der Waals surface area contributed by atoms with E-state index in [9.17, 15) is 14.7 Å². The number of aliphatic carboxylic acids is 1. The molecule has 1 aliphatic heterocycles. The van der Waals surface area contributed by atoms with E-state index in [4.69, 9.17) is 0 Å². The number of aryl methyl sites for hydroxylation is 3. The molecule has 3 heterocycles. The van der Waals surface area contributed by atoms with Crippen LogP contribution >= 0.6 is 0 Å². The number of fused-ring (bicyclic) bond motifs is 1. The number of hydrogen-bond acceptors (Lipinski definition) is 4. The molecule has 0 saturated carbocycles. The number of carbonyl (C=O) groups is 2. The molecule has 140 valence electrons. The number of likely N-dealkylation sites (tertiary alicyclic amines) is 1. The van der Waals surface area contributed by atoms with Gasteiger partial charge >= 0.3 is 5.97 Å². The molecule has 1 N–H and O–H groups in total. The molecule has 7 heteroatoms. The molecular weight excluding hydrogens is 332 g/mol. The minimum absolute atomic E-state index is 0.170. The summed E-state index contributed by atoms with van der Waals surface area (Å²) in [6.45, 7) is 8.42. The van der Waals surface area contributed by atoms with Crippen LogP contribution in [0.4, 0.5) is 0 Å². The van der Waals surface area contributed by atoms with Gasteiger partial charge in [-0.2, -0.15) is 5.10 Å². The normalized spacial score (nSPS) is 20.5. The van der Waals surface area contributed by atoms with Gasteiger partial charge in [-0.05, 0) is 46.1 Å². The van der Waals surface area contributed by atoms with E-state index in [-0.39, 0.29) is 12.5 Å². The highest BCUT2D eigenvalue weighted by Crippen LogP contribution is 2.36. The Morgan fingerprint density at radius 2 is 2.04 bits per heavy atom. The zero-order chi connectivity index (χ0) is 19.1. The first-order valence-corrected chi connectivity index (χ1v) is 9.15. The summed E-state index contributed by atoms with van der Waals surface area (Å²) in [7, 11) is 0. The van der Waals surface area contributed by atoms with Crippen molar-refractivity contribution >= 4 is 17.5 Å². The second kappa shape index (κ2) is 6.70. The lowest BCUT2D eigenvalue weighted by Crippen LogP contribution is -2.50. The summed E-state index contributed by atoms with van der Waals surface area (Å²) >= 11 is 0. The van der Waals surface area contributed by atoms with Gasteiger partial charge in [-0.25, -0.2) is 9.50 Å². The van der Waals surface area contributed by atoms with Gasteiger partial charge in [-0.15, -0.1) is 0 Å². The number of carboxylic acid groups (broad SMARTS) is 1. The Hall–Kier alpha value is -2.44. The maximum atomic E-state index is 13.3. The van der Waals surface area contributed by atoms with Crippen molar-refractivity contribution in [3.63, 3.8) is 0 Å². The van der Waals surface area contributed by atoms with E-state index in [0.717, 1.165) is 17.8 Å². The largest absolute Gasteiger partial charge is 0.481 e. The summed E-state index contributed by atoms with van der Waals surface area (Å²) in [5.41, 5.74) is 2.55. The van der Waals surface area contributed by atoms with E-state index >= 15 is 0 Å². The number of rotatable bonds is 4. The molecule has 7 nitrogen and oxygen atoms in total. The first kappa shape index (κ1) is 18.4. The third kappa shape index (κ3) is 2.95. The summed E-state index contributed by atoms with van der Waals surface area (Å²) in [6, 6.07) is 1.92. The highest BCUT2D eigenvalue weighted by atomic mass is 16.4. The standard InChI is InChI=1S/C19H26N4O3/c1-5-7-19(18(25)26)8-6-9-22(11-19)17(24)15-14(4)21-23-13(3)10-12(2)20-16(15)23/h10H,5-9,11H2,1-4H3,(H,25,26)/t19-/m0/s1. The van der Waals surface area contributed by atoms with Gasteiger partial charge in [0.25, 0.3) is 5.91 Å². The number of amides is 1. The Morgan fingerprint density at radius 3 is 2.69 bits per heavy atom. The molecule has 0 spiro atoms. The SMILES string of the molecule is CCC[C@]1(C(=O)O)CCCN(C(=O)c2c(C)nn3c(C)cc(C)nc23)C1. The van der Waals surface area contributed by atoms with Crippen LogP contribution in [0.2, 0.25) is 0 Å². The second-order valence-corrected chi connectivity index (χ2v) is 7.40. The van der Waals surface area contributed by atoms with Crippen molar-refractivity contribution in [3.8, 4) is 0 Å². The molecular formula is C19H26N4O3. The maximum Gasteiger partial charge on any atom is 0.311 e. The highest BCUT2D eigenvalue weighted by Gasteiger charge is 2.43. The Bertz CT molecular complexity index is 869. The molecule has 0 bridgehead atoms. The monoisotopic (exact) mass is 358 g/mol. The van der Waals surface area contributed by atoms with Crippen molar-refractivity contribution in [1.82, 2.24) is 19.5 Å². The number of carbonyl (C=O) groups excluding carboxylic acids is 1. The van der Waals surface area contributed by atoms with Gasteiger partial charge in [-0.1, -0.05) is 13.3 Å². The van der Waals surface area contributed by atoms with Crippen molar-refractivity contribution < 1.29 is 14.7 Å². The van der Waals surface area contributed by atoms with Crippen LogP contribution in [0.5, 0.6) is 0 Å². The molecule has 0 unspecified atom stereocenters. The molecule has 1 saturated heterocycles. The molecule has 1 aliphatic rings. The van der Waals surface area contributed by atoms with Crippen molar-refractivity contribution in [3.05, 3.63) is 28.7 Å². The lowest BCUT2D eigenvalue weighted by molar-refractivity contribution is -0.152. The summed E-state index contributed by atoms with van der Waals surface area (Å²) in [5, 5.41) is 14.3. The van der Waals surface area contributed by atoms with Crippen LogP contribution in [-0.2, 0) is 4.79 Å². The Labute approximate surface area is 153 Å². The fourth-order valence-corrected chi connectivity index (χ4v) is 4.10. The third-order valence-corrected chi connectivity index (χ3v) is 5.33. The average molecular weight is 358 g/mol. The maximum absolute atomic E-state index is 13.3. The highest BCUT2D eigenvalue weighted by molar-refractivity contribution is 6.01. The molecule has 0 aromatic carbocycles. The van der Waals surface area contributed by atoms with E-state index in [1.807, 2.05) is 26.8 Å². The summed E-state index contributed by atoms with van der Waals surface area (Å²) in [4.78, 5) is 31.4. The Kier molecular flexibility index (Phi) is 4.73. The zero-order valence-electron chi connectivity index (χ0n) is 15.9. The molecule has 1 amide bonds. The van der Waals surface area contributed by atoms with Crippen LogP contribution in [0.3, 0.4) is 0 Å². The quantitative estimate of drug-likeness (QED) is 0.908. The van der Waals surface area contributed by atoms with Gasteiger partial charge in [0.15, 0.2) is 5.65 Å². The van der Waals surface area contributed by atoms with Crippen LogP contribution in [-0.4, -0.2) is 49.6 Å². The molecule has 1 atom stereocenters. The second-order valence-electron chi connectivity index (χ2n) is 7.40. The van der Waals surface area contributed by atoms with E-state index < -0.39 is 11.4 Å². The molecule has 26 heavy (non-hydrogen) atoms. The number of hydrogen-bond donors (Lipinski definition) is 1. The Morgan fingerprint density at radius 1 is 1.31 bits per heavy atom. The van der Waals surface area contributed by atoms with Gasteiger partial charge in [0.05, 0.1) is 11.1 Å². The average Bonchev–Trinajstić information content (AvgIpc) is 2.91. The van der Waals surface area contributed by atoms with Gasteiger partial charge < -0.3 is 10.0 Å². The van der Waals surface area contributed by atoms with Crippen LogP contribution < -0.4 is 0 Å². The summed E-state index contributed by atoms with van der Waals surface area (Å²) in [6.07, 6.45) is 2.67. The van der Waals surface area contributed by atoms with Gasteiger partial charge in [0.2, 0.25) is 0 Å². The molecule has 3 rings (SSSR count). The predicted molar refractivity (Wildman–Crippen MR) is 97.3 cm³/mol. The van der Waals surface area contributed by atoms with Crippen LogP contribution in [0.1, 0.15) is 60.0 Å². The van der Waals surface area contributed by atoms with E-state index in [0.29, 0.717) is 42.7 Å². The van der Waals surface area contributed by atoms with Gasteiger partial charge in [0.1, 0.15) is 5.56 Å². The minimum atomic E-state index is -0.848. The summed E-state index contributed by atoms with van der Waals surface area (Å²) < 4.78 is 1.69. The van der Waals surface area contributed by atoms with Crippen molar-refractivity contribution in [2.24, 2.45) is 5.41 Å². The van der Waals surface area contributed by atoms with Crippen LogP contribution in [0.25, 0.3) is 5.65 Å². The summed E-state index contributed by atoms with van der Waals surface area (Å²) in [5.74, 6) is -0.977. The van der Waals surface area contributed by atoms with Crippen LogP contribution in [0, 0.1) is 26.2 Å². The fourth-order valence-electron chi connectivity index (χ4n) is 4.10. The van der Waals surface area contributed by atoms with Gasteiger partial charge in [0, 0.05) is 24.5 Å². The van der Waals surface area contributed by atoms with E-state index in [2.05, 4.69) is 10.1 Å². The van der Waals surface area contributed by atoms with Gasteiger partial charge in [-0.3, -0.25) is 9.59 Å². The van der Waals surface area contributed by atoms with Crippen molar-refractivity contribution in [1.29, 1.82) is 0 Å². The topological polar surface area (TPSA) is 87.8 Å². The smallest absolute Gasteiger partial charge is 0.311 e. The predicted octanol–water partition coefficient (Wildman–Crippen LogP) is 2.76. The fraction of sp³-hybridized carbons (Fsp3) is 0.579. The van der Waals surface area contributed by atoms with E-state index in [1.54, 1.807) is 16.3 Å². The number of nitrogens with zero attached hydrogens (tertiary/aromatic N) is 4. The number of carboxylic acids is 1. The van der Waals surface area contributed by atoms with E-state index in [1.165, 1.54) is 0 Å². The third-order valence-electron chi connectivity index (χ3n) is 5.33. The minimum Gasteiger partial charge on any atom is -0.481 e. The lowest BCUT2D eigenvalue weighted by atomic mass is 9.76. The number of piperidine rings is 1. The molecule has 0 radical (unpaired) electrons. The zero-order valence-corrected chi connectivity index (χ0v) is 15.9. The molecule has 2 aromatic rings. The first-order chi connectivity index (χ1) is 12.3. The lowest BCUT2D eigenvalue weighted by Gasteiger charge is -2.39. The molecule has 0 aliphatic carbocycles. The Balaban J connectivity index is 2.00. The first-order valence-electron chi connectivity index (χ1n) is 9.15. The van der Waals surface area contributed by atoms with Crippen molar-refractivity contribution in [2.75, 3.05) is 13.1 Å². The van der Waals surface area contributed by atoms with Crippen molar-refractivity contribution in [2.45, 2.75) is 53.4 Å². The molecule has 1 fully saturated rings.